The number of ether oxygens (including phenoxy) is 2. The van der Waals surface area contributed by atoms with E-state index in [2.05, 4.69) is 0 Å². The highest BCUT2D eigenvalue weighted by molar-refractivity contribution is 6.05. The predicted molar refractivity (Wildman–Crippen MR) is 98.2 cm³/mol. The standard InChI is InChI=1S/C20H33O6/c1-7-11-19(5,6)14-26-18(24)10-13-20(15(3)21,16(4)22)12-9-17(23)25-8-2/h7H,8-14H2,1-6H3. The van der Waals surface area contributed by atoms with E-state index in [1.807, 2.05) is 27.2 Å². The first-order valence-corrected chi connectivity index (χ1v) is 9.12. The summed E-state index contributed by atoms with van der Waals surface area (Å²) >= 11 is 0. The van der Waals surface area contributed by atoms with Crippen LogP contribution in [-0.2, 0) is 28.7 Å². The quantitative estimate of drug-likeness (QED) is 0.365. The number of hydrogen-bond donors (Lipinski definition) is 0. The Kier molecular flexibility index (Phi) is 10.4. The van der Waals surface area contributed by atoms with Crippen LogP contribution in [0.4, 0.5) is 0 Å². The summed E-state index contributed by atoms with van der Waals surface area (Å²) in [5.74, 6) is -1.59. The Bertz CT molecular complexity index is 492. The lowest BCUT2D eigenvalue weighted by Crippen LogP contribution is -2.38. The number of rotatable bonds is 13. The maximum Gasteiger partial charge on any atom is 0.305 e. The molecule has 0 aromatic rings. The Morgan fingerprint density at radius 3 is 1.73 bits per heavy atom. The molecule has 0 heterocycles. The van der Waals surface area contributed by atoms with Crippen molar-refractivity contribution in [3.05, 3.63) is 6.42 Å². The van der Waals surface area contributed by atoms with Crippen LogP contribution in [0, 0.1) is 17.3 Å². The summed E-state index contributed by atoms with van der Waals surface area (Å²) in [6, 6.07) is 0. The molecule has 0 aliphatic rings. The minimum absolute atomic E-state index is 0.0379. The summed E-state index contributed by atoms with van der Waals surface area (Å²) in [4.78, 5) is 48.0. The number of Topliss-reactive ketones (excluding diaryl/α,β-unsaturated/α-hetero) is 2. The van der Waals surface area contributed by atoms with E-state index in [0.717, 1.165) is 6.42 Å². The zero-order chi connectivity index (χ0) is 20.4. The third-order valence-electron chi connectivity index (χ3n) is 4.55. The molecule has 1 radical (unpaired) electrons. The van der Waals surface area contributed by atoms with Crippen molar-refractivity contribution in [3.8, 4) is 0 Å². The first-order chi connectivity index (χ1) is 12.0. The van der Waals surface area contributed by atoms with E-state index in [9.17, 15) is 19.2 Å². The van der Waals surface area contributed by atoms with Crippen molar-refractivity contribution in [2.75, 3.05) is 13.2 Å². The average Bonchev–Trinajstić information content (AvgIpc) is 2.53. The molecule has 0 rings (SSSR count). The molecule has 0 atom stereocenters. The first kappa shape index (κ1) is 24.3. The Morgan fingerprint density at radius 2 is 1.35 bits per heavy atom. The predicted octanol–water partition coefficient (Wildman–Crippen LogP) is 3.46. The van der Waals surface area contributed by atoms with E-state index < -0.39 is 17.4 Å². The van der Waals surface area contributed by atoms with Gasteiger partial charge in [-0.3, -0.25) is 19.2 Å². The first-order valence-electron chi connectivity index (χ1n) is 9.12. The van der Waals surface area contributed by atoms with Crippen molar-refractivity contribution in [3.63, 3.8) is 0 Å². The number of ketones is 2. The summed E-state index contributed by atoms with van der Waals surface area (Å²) in [7, 11) is 0. The Labute approximate surface area is 157 Å². The van der Waals surface area contributed by atoms with Crippen LogP contribution < -0.4 is 0 Å². The fraction of sp³-hybridized carbons (Fsp3) is 0.750. The monoisotopic (exact) mass is 369 g/mol. The van der Waals surface area contributed by atoms with Gasteiger partial charge in [-0.05, 0) is 51.9 Å². The molecule has 0 bridgehead atoms. The maximum absolute atomic E-state index is 12.2. The summed E-state index contributed by atoms with van der Waals surface area (Å²) in [6.07, 6.45) is 2.82. The van der Waals surface area contributed by atoms with Crippen LogP contribution >= 0.6 is 0 Å². The topological polar surface area (TPSA) is 86.7 Å². The summed E-state index contributed by atoms with van der Waals surface area (Å²) in [6.45, 7) is 10.8. The molecule has 149 valence electrons. The maximum atomic E-state index is 12.2. The van der Waals surface area contributed by atoms with Crippen molar-refractivity contribution < 1.29 is 28.7 Å². The minimum Gasteiger partial charge on any atom is -0.466 e. The highest BCUT2D eigenvalue weighted by Gasteiger charge is 2.41. The lowest BCUT2D eigenvalue weighted by molar-refractivity contribution is -0.149. The number of carbonyl (C=O) groups is 4. The molecule has 0 aliphatic heterocycles. The van der Waals surface area contributed by atoms with Crippen molar-refractivity contribution in [2.24, 2.45) is 10.8 Å². The second kappa shape index (κ2) is 11.1. The third-order valence-corrected chi connectivity index (χ3v) is 4.55. The van der Waals surface area contributed by atoms with Gasteiger partial charge in [-0.2, -0.15) is 0 Å². The van der Waals surface area contributed by atoms with Crippen LogP contribution in [-0.4, -0.2) is 36.7 Å². The van der Waals surface area contributed by atoms with Gasteiger partial charge in [-0.15, -0.1) is 0 Å². The van der Waals surface area contributed by atoms with E-state index in [4.69, 9.17) is 9.47 Å². The molecule has 0 spiro atoms. The summed E-state index contributed by atoms with van der Waals surface area (Å²) < 4.78 is 10.2. The smallest absolute Gasteiger partial charge is 0.305 e. The van der Waals surface area contributed by atoms with Crippen LogP contribution in [0.15, 0.2) is 0 Å². The van der Waals surface area contributed by atoms with E-state index in [1.54, 1.807) is 6.92 Å². The van der Waals surface area contributed by atoms with Crippen LogP contribution in [0.3, 0.4) is 0 Å². The van der Waals surface area contributed by atoms with Gasteiger partial charge in [-0.1, -0.05) is 20.8 Å². The van der Waals surface area contributed by atoms with Crippen LogP contribution in [0.1, 0.15) is 73.6 Å². The fourth-order valence-electron chi connectivity index (χ4n) is 2.90. The molecule has 0 aromatic carbocycles. The van der Waals surface area contributed by atoms with Gasteiger partial charge in [0.05, 0.1) is 18.6 Å². The Hall–Kier alpha value is -1.72. The molecule has 26 heavy (non-hydrogen) atoms. The van der Waals surface area contributed by atoms with Crippen molar-refractivity contribution in [1.82, 2.24) is 0 Å². The average molecular weight is 369 g/mol. The molecule has 0 unspecified atom stereocenters. The van der Waals surface area contributed by atoms with E-state index in [1.165, 1.54) is 13.8 Å². The van der Waals surface area contributed by atoms with Gasteiger partial charge < -0.3 is 9.47 Å². The molecule has 0 saturated heterocycles. The lowest BCUT2D eigenvalue weighted by Gasteiger charge is -2.28. The summed E-state index contributed by atoms with van der Waals surface area (Å²) in [5, 5.41) is 0. The van der Waals surface area contributed by atoms with Crippen LogP contribution in [0.25, 0.3) is 0 Å². The van der Waals surface area contributed by atoms with E-state index in [0.29, 0.717) is 0 Å². The van der Waals surface area contributed by atoms with Gasteiger partial charge in [0.25, 0.3) is 0 Å². The second-order valence-corrected chi connectivity index (χ2v) is 7.44. The van der Waals surface area contributed by atoms with Gasteiger partial charge in [0.2, 0.25) is 0 Å². The van der Waals surface area contributed by atoms with Gasteiger partial charge in [0.15, 0.2) is 0 Å². The van der Waals surface area contributed by atoms with Crippen molar-refractivity contribution >= 4 is 23.5 Å². The number of carbonyl (C=O) groups excluding carboxylic acids is 4. The van der Waals surface area contributed by atoms with E-state index in [-0.39, 0.29) is 55.9 Å². The largest absolute Gasteiger partial charge is 0.466 e. The van der Waals surface area contributed by atoms with Gasteiger partial charge in [0, 0.05) is 12.8 Å². The third kappa shape index (κ3) is 8.11. The number of hydrogen-bond acceptors (Lipinski definition) is 6. The molecule has 0 aromatic heterocycles. The highest BCUT2D eigenvalue weighted by Crippen LogP contribution is 2.33. The molecule has 0 aliphatic carbocycles. The Morgan fingerprint density at radius 1 is 0.885 bits per heavy atom. The molecular formula is C20H33O6. The normalized spacial score (nSPS) is 11.8. The Balaban J connectivity index is 4.88. The van der Waals surface area contributed by atoms with Gasteiger partial charge in [-0.25, -0.2) is 0 Å². The lowest BCUT2D eigenvalue weighted by atomic mass is 9.73. The highest BCUT2D eigenvalue weighted by atomic mass is 16.5. The van der Waals surface area contributed by atoms with Gasteiger partial charge >= 0.3 is 11.9 Å². The SMILES string of the molecule is C[CH]CC(C)(C)COC(=O)CCC(CCC(=O)OCC)(C(C)=O)C(C)=O. The molecular weight excluding hydrogens is 336 g/mol. The second-order valence-electron chi connectivity index (χ2n) is 7.44. The molecule has 0 amide bonds. The van der Waals surface area contributed by atoms with Gasteiger partial charge in [0.1, 0.15) is 11.6 Å². The molecule has 0 N–H and O–H groups in total. The molecule has 0 fully saturated rings. The molecule has 0 saturated carbocycles. The van der Waals surface area contributed by atoms with Crippen LogP contribution in [0.5, 0.6) is 0 Å². The molecule has 6 heteroatoms. The van der Waals surface area contributed by atoms with Crippen molar-refractivity contribution in [1.29, 1.82) is 0 Å². The fourth-order valence-corrected chi connectivity index (χ4v) is 2.90. The van der Waals surface area contributed by atoms with E-state index >= 15 is 0 Å². The van der Waals surface area contributed by atoms with Crippen LogP contribution in [0.2, 0.25) is 0 Å². The number of esters is 2. The van der Waals surface area contributed by atoms with Crippen molar-refractivity contribution in [2.45, 2.75) is 73.6 Å². The molecule has 6 nitrogen and oxygen atoms in total. The summed E-state index contributed by atoms with van der Waals surface area (Å²) in [5.41, 5.74) is -1.51. The minimum atomic E-state index is -1.35. The zero-order valence-electron chi connectivity index (χ0n) is 17.0. The zero-order valence-corrected chi connectivity index (χ0v) is 17.0.